The molecule has 1 saturated heterocycles. The summed E-state index contributed by atoms with van der Waals surface area (Å²) in [4.78, 5) is 12.1. The molecule has 110 valence electrons. The van der Waals surface area contributed by atoms with Crippen molar-refractivity contribution in [1.82, 2.24) is 20.4 Å². The molecular weight excluding hydrogens is 288 g/mol. The molecule has 1 amide bonds. The van der Waals surface area contributed by atoms with E-state index in [1.54, 1.807) is 29.1 Å². The first-order chi connectivity index (χ1) is 10.2. The highest BCUT2D eigenvalue weighted by molar-refractivity contribution is 6.30. The lowest BCUT2D eigenvalue weighted by molar-refractivity contribution is 0.0945. The molecule has 1 aromatic carbocycles. The first-order valence-electron chi connectivity index (χ1n) is 7.05. The Balaban J connectivity index is 1.65. The van der Waals surface area contributed by atoms with E-state index in [1.807, 2.05) is 12.1 Å². The average Bonchev–Trinajstić information content (AvgIpc) is 3.16. The molecule has 1 aliphatic heterocycles. The van der Waals surface area contributed by atoms with Gasteiger partial charge in [0.25, 0.3) is 5.91 Å². The average molecular weight is 305 g/mol. The molecule has 0 spiro atoms. The van der Waals surface area contributed by atoms with Gasteiger partial charge in [0.1, 0.15) is 0 Å². The molecule has 1 unspecified atom stereocenters. The Kier molecular flexibility index (Phi) is 4.22. The summed E-state index contributed by atoms with van der Waals surface area (Å²) in [7, 11) is 0. The van der Waals surface area contributed by atoms with Crippen molar-refractivity contribution >= 4 is 17.5 Å². The van der Waals surface area contributed by atoms with E-state index < -0.39 is 0 Å². The Bertz CT molecular complexity index is 634. The van der Waals surface area contributed by atoms with Crippen molar-refractivity contribution in [2.24, 2.45) is 0 Å². The zero-order chi connectivity index (χ0) is 14.7. The molecule has 6 heteroatoms. The molecule has 1 aliphatic rings. The molecule has 2 heterocycles. The van der Waals surface area contributed by atoms with Crippen LogP contribution in [-0.2, 0) is 0 Å². The monoisotopic (exact) mass is 304 g/mol. The third kappa shape index (κ3) is 3.43. The first kappa shape index (κ1) is 14.1. The van der Waals surface area contributed by atoms with Gasteiger partial charge in [0.05, 0.1) is 5.69 Å². The van der Waals surface area contributed by atoms with E-state index in [0.29, 0.717) is 23.3 Å². The van der Waals surface area contributed by atoms with Gasteiger partial charge in [-0.05, 0) is 43.7 Å². The lowest BCUT2D eigenvalue weighted by atomic mass is 10.2. The number of hydrogen-bond donors (Lipinski definition) is 2. The van der Waals surface area contributed by atoms with Crippen LogP contribution in [0.5, 0.6) is 0 Å². The third-order valence-electron chi connectivity index (χ3n) is 3.57. The highest BCUT2D eigenvalue weighted by Gasteiger charge is 2.16. The van der Waals surface area contributed by atoms with Crippen molar-refractivity contribution in [3.63, 3.8) is 0 Å². The van der Waals surface area contributed by atoms with Crippen LogP contribution in [0.4, 0.5) is 0 Å². The Morgan fingerprint density at radius 1 is 1.48 bits per heavy atom. The van der Waals surface area contributed by atoms with Gasteiger partial charge in [-0.2, -0.15) is 5.10 Å². The molecule has 3 rings (SSSR count). The lowest BCUT2D eigenvalue weighted by Gasteiger charge is -2.10. The smallest absolute Gasteiger partial charge is 0.271 e. The molecule has 0 radical (unpaired) electrons. The second-order valence-corrected chi connectivity index (χ2v) is 5.57. The maximum atomic E-state index is 12.1. The summed E-state index contributed by atoms with van der Waals surface area (Å²) in [5.41, 5.74) is 1.24. The van der Waals surface area contributed by atoms with Gasteiger partial charge in [-0.25, -0.2) is 4.68 Å². The van der Waals surface area contributed by atoms with Gasteiger partial charge >= 0.3 is 0 Å². The van der Waals surface area contributed by atoms with Crippen molar-refractivity contribution < 1.29 is 4.79 Å². The predicted molar refractivity (Wildman–Crippen MR) is 81.9 cm³/mol. The van der Waals surface area contributed by atoms with Crippen LogP contribution in [0.3, 0.4) is 0 Å². The van der Waals surface area contributed by atoms with Crippen LogP contribution in [-0.4, -0.2) is 34.8 Å². The van der Waals surface area contributed by atoms with Crippen molar-refractivity contribution in [2.75, 3.05) is 13.1 Å². The maximum Gasteiger partial charge on any atom is 0.271 e. The molecule has 21 heavy (non-hydrogen) atoms. The zero-order valence-electron chi connectivity index (χ0n) is 11.6. The normalized spacial score (nSPS) is 17.9. The SMILES string of the molecule is O=C(NCC1CCCN1)c1ccn(-c2cccc(Cl)c2)n1. The molecule has 5 nitrogen and oxygen atoms in total. The zero-order valence-corrected chi connectivity index (χ0v) is 12.3. The quantitative estimate of drug-likeness (QED) is 0.908. The number of amides is 1. The molecule has 2 aromatic rings. The minimum Gasteiger partial charge on any atom is -0.349 e. The number of hydrogen-bond acceptors (Lipinski definition) is 3. The third-order valence-corrected chi connectivity index (χ3v) is 3.80. The minimum absolute atomic E-state index is 0.149. The highest BCUT2D eigenvalue weighted by atomic mass is 35.5. The van der Waals surface area contributed by atoms with Crippen molar-refractivity contribution in [3.05, 3.63) is 47.2 Å². The standard InChI is InChI=1S/C15H17ClN4O/c16-11-3-1-5-13(9-11)20-8-6-14(19-20)15(21)18-10-12-4-2-7-17-12/h1,3,5-6,8-9,12,17H,2,4,7,10H2,(H,18,21). The van der Waals surface area contributed by atoms with E-state index in [2.05, 4.69) is 15.7 Å². The fraction of sp³-hybridized carbons (Fsp3) is 0.333. The second-order valence-electron chi connectivity index (χ2n) is 5.13. The van der Waals surface area contributed by atoms with E-state index in [4.69, 9.17) is 11.6 Å². The Labute approximate surface area is 128 Å². The van der Waals surface area contributed by atoms with Gasteiger partial charge < -0.3 is 10.6 Å². The summed E-state index contributed by atoms with van der Waals surface area (Å²) in [5.74, 6) is -0.149. The number of halogens is 1. The van der Waals surface area contributed by atoms with Crippen molar-refractivity contribution in [3.8, 4) is 5.69 Å². The summed E-state index contributed by atoms with van der Waals surface area (Å²) in [5, 5.41) is 11.2. The molecule has 1 aromatic heterocycles. The van der Waals surface area contributed by atoms with Crippen molar-refractivity contribution in [1.29, 1.82) is 0 Å². The number of rotatable bonds is 4. The molecule has 2 N–H and O–H groups in total. The fourth-order valence-corrected chi connectivity index (χ4v) is 2.63. The van der Waals surface area contributed by atoms with Crippen LogP contribution in [0.15, 0.2) is 36.5 Å². The summed E-state index contributed by atoms with van der Waals surface area (Å²) in [6, 6.07) is 9.44. The minimum atomic E-state index is -0.149. The van der Waals surface area contributed by atoms with Crippen LogP contribution in [0.2, 0.25) is 5.02 Å². The Hall–Kier alpha value is -1.85. The van der Waals surface area contributed by atoms with Crippen LogP contribution in [0, 0.1) is 0 Å². The number of carbonyl (C=O) groups excluding carboxylic acids is 1. The largest absolute Gasteiger partial charge is 0.349 e. The molecule has 0 bridgehead atoms. The summed E-state index contributed by atoms with van der Waals surface area (Å²) < 4.78 is 1.65. The molecule has 0 saturated carbocycles. The molecule has 1 fully saturated rings. The molecule has 0 aliphatic carbocycles. The number of benzene rings is 1. The van der Waals surface area contributed by atoms with Crippen LogP contribution >= 0.6 is 11.6 Å². The maximum absolute atomic E-state index is 12.1. The fourth-order valence-electron chi connectivity index (χ4n) is 2.44. The topological polar surface area (TPSA) is 59.0 Å². The van der Waals surface area contributed by atoms with E-state index in [9.17, 15) is 4.79 Å². The van der Waals surface area contributed by atoms with E-state index >= 15 is 0 Å². The number of aromatic nitrogens is 2. The first-order valence-corrected chi connectivity index (χ1v) is 7.43. The van der Waals surface area contributed by atoms with E-state index in [1.165, 1.54) is 6.42 Å². The number of nitrogens with zero attached hydrogens (tertiary/aromatic N) is 2. The molecule has 1 atom stereocenters. The van der Waals surface area contributed by atoms with E-state index in [-0.39, 0.29) is 5.91 Å². The summed E-state index contributed by atoms with van der Waals surface area (Å²) in [6.07, 6.45) is 4.04. The lowest BCUT2D eigenvalue weighted by Crippen LogP contribution is -2.37. The van der Waals surface area contributed by atoms with Gasteiger partial charge in [-0.1, -0.05) is 17.7 Å². The van der Waals surface area contributed by atoms with E-state index in [0.717, 1.165) is 18.7 Å². The van der Waals surface area contributed by atoms with Crippen LogP contribution < -0.4 is 10.6 Å². The van der Waals surface area contributed by atoms with Crippen LogP contribution in [0.25, 0.3) is 5.69 Å². The van der Waals surface area contributed by atoms with Crippen molar-refractivity contribution in [2.45, 2.75) is 18.9 Å². The van der Waals surface area contributed by atoms with Crippen LogP contribution in [0.1, 0.15) is 23.3 Å². The van der Waals surface area contributed by atoms with Gasteiger partial charge in [0, 0.05) is 23.8 Å². The Morgan fingerprint density at radius 2 is 2.38 bits per heavy atom. The molecular formula is C15H17ClN4O. The van der Waals surface area contributed by atoms with Gasteiger partial charge in [-0.3, -0.25) is 4.79 Å². The summed E-state index contributed by atoms with van der Waals surface area (Å²) >= 11 is 5.96. The van der Waals surface area contributed by atoms with Gasteiger partial charge in [-0.15, -0.1) is 0 Å². The number of carbonyl (C=O) groups is 1. The van der Waals surface area contributed by atoms with Gasteiger partial charge in [0.15, 0.2) is 5.69 Å². The Morgan fingerprint density at radius 3 is 3.14 bits per heavy atom. The summed E-state index contributed by atoms with van der Waals surface area (Å²) in [6.45, 7) is 1.67. The highest BCUT2D eigenvalue weighted by Crippen LogP contribution is 2.14. The second kappa shape index (κ2) is 6.28. The predicted octanol–water partition coefficient (Wildman–Crippen LogP) is 2.01. The number of nitrogens with one attached hydrogen (secondary N) is 2. The van der Waals surface area contributed by atoms with Gasteiger partial charge in [0.2, 0.25) is 0 Å².